The molecule has 0 bridgehead atoms. The lowest BCUT2D eigenvalue weighted by atomic mass is 9.94. The number of aryl methyl sites for hydroxylation is 1. The second-order valence-corrected chi connectivity index (χ2v) is 7.37. The Morgan fingerprint density at radius 2 is 1.80 bits per heavy atom. The fourth-order valence-electron chi connectivity index (χ4n) is 3.19. The van der Waals surface area contributed by atoms with Crippen LogP contribution in [0.25, 0.3) is 6.08 Å². The average molecular weight is 336 g/mol. The molecule has 3 heteroatoms. The quantitative estimate of drug-likeness (QED) is 0.800. The summed E-state index contributed by atoms with van der Waals surface area (Å²) in [5.41, 5.74) is 5.89. The number of ether oxygens (including phenoxy) is 1. The fourth-order valence-corrected chi connectivity index (χ4v) is 3.19. The predicted octanol–water partition coefficient (Wildman–Crippen LogP) is 4.80. The Labute approximate surface area is 151 Å². The summed E-state index contributed by atoms with van der Waals surface area (Å²) in [6, 6.07) is 15.2. The molecule has 0 saturated heterocycles. The van der Waals surface area contributed by atoms with Crippen molar-refractivity contribution in [1.29, 1.82) is 0 Å². The molecule has 1 aliphatic rings. The van der Waals surface area contributed by atoms with Crippen LogP contribution < -0.4 is 9.80 Å². The summed E-state index contributed by atoms with van der Waals surface area (Å²) in [5.74, 6) is 0. The van der Waals surface area contributed by atoms with Crippen molar-refractivity contribution in [2.45, 2.75) is 26.4 Å². The first-order chi connectivity index (χ1) is 11.9. The van der Waals surface area contributed by atoms with Crippen LogP contribution in [0.15, 0.2) is 48.7 Å². The van der Waals surface area contributed by atoms with Gasteiger partial charge in [0.1, 0.15) is 0 Å². The highest BCUT2D eigenvalue weighted by molar-refractivity contribution is 5.64. The Balaban J connectivity index is 1.89. The Bertz CT molecular complexity index is 760. The molecule has 2 aromatic carbocycles. The third kappa shape index (κ3) is 3.88. The van der Waals surface area contributed by atoms with Crippen molar-refractivity contribution in [3.63, 3.8) is 0 Å². The minimum atomic E-state index is -0.267. The lowest BCUT2D eigenvalue weighted by Crippen LogP contribution is -2.21. The standard InChI is InChI=1S/C22H28N2O/c1-17-6-11-21-20(16-17)22(2,3)25-15-14-24(21)13-12-18-7-9-19(10-8-18)23(4)5/h6-13,16H,14-15H2,1-5H3. The third-order valence-corrected chi connectivity index (χ3v) is 4.76. The van der Waals surface area contributed by atoms with Crippen LogP contribution in [0.3, 0.4) is 0 Å². The highest BCUT2D eigenvalue weighted by Crippen LogP contribution is 2.36. The summed E-state index contributed by atoms with van der Waals surface area (Å²) < 4.78 is 6.12. The summed E-state index contributed by atoms with van der Waals surface area (Å²) in [5, 5.41) is 0. The summed E-state index contributed by atoms with van der Waals surface area (Å²) in [4.78, 5) is 4.41. The monoisotopic (exact) mass is 336 g/mol. The van der Waals surface area contributed by atoms with Crippen LogP contribution in [0.5, 0.6) is 0 Å². The SMILES string of the molecule is Cc1ccc2c(c1)C(C)(C)OCCN2C=Cc1ccc(N(C)C)cc1. The Hall–Kier alpha value is -2.26. The van der Waals surface area contributed by atoms with Crippen molar-refractivity contribution in [3.8, 4) is 0 Å². The van der Waals surface area contributed by atoms with Crippen LogP contribution in [0, 0.1) is 6.92 Å². The zero-order valence-electron chi connectivity index (χ0n) is 15.9. The van der Waals surface area contributed by atoms with Crippen LogP contribution in [-0.4, -0.2) is 27.2 Å². The van der Waals surface area contributed by atoms with Crippen molar-refractivity contribution < 1.29 is 4.74 Å². The Morgan fingerprint density at radius 1 is 1.08 bits per heavy atom. The summed E-state index contributed by atoms with van der Waals surface area (Å²) >= 11 is 0. The van der Waals surface area contributed by atoms with Crippen molar-refractivity contribution in [2.24, 2.45) is 0 Å². The van der Waals surface area contributed by atoms with Gasteiger partial charge in [-0.2, -0.15) is 0 Å². The normalized spacial score (nSPS) is 16.6. The molecule has 0 fully saturated rings. The number of nitrogens with zero attached hydrogens (tertiary/aromatic N) is 2. The zero-order valence-corrected chi connectivity index (χ0v) is 15.9. The number of hydrogen-bond acceptors (Lipinski definition) is 3. The summed E-state index contributed by atoms with van der Waals surface area (Å²) in [6.45, 7) is 8.00. The van der Waals surface area contributed by atoms with Gasteiger partial charge in [0.15, 0.2) is 0 Å². The molecule has 1 aliphatic heterocycles. The minimum Gasteiger partial charge on any atom is -0.378 e. The first kappa shape index (κ1) is 17.6. The van der Waals surface area contributed by atoms with Gasteiger partial charge in [-0.15, -0.1) is 0 Å². The molecule has 132 valence electrons. The molecular weight excluding hydrogens is 308 g/mol. The van der Waals surface area contributed by atoms with E-state index in [1.165, 1.54) is 28.1 Å². The molecule has 0 atom stereocenters. The van der Waals surface area contributed by atoms with E-state index in [4.69, 9.17) is 4.74 Å². The van der Waals surface area contributed by atoms with Gasteiger partial charge in [0.25, 0.3) is 0 Å². The Kier molecular flexibility index (Phi) is 4.87. The minimum absolute atomic E-state index is 0.267. The molecule has 0 aromatic heterocycles. The van der Waals surface area contributed by atoms with E-state index in [9.17, 15) is 0 Å². The molecule has 0 amide bonds. The van der Waals surface area contributed by atoms with Gasteiger partial charge < -0.3 is 14.5 Å². The van der Waals surface area contributed by atoms with Crippen molar-refractivity contribution in [1.82, 2.24) is 0 Å². The van der Waals surface area contributed by atoms with E-state index in [1.54, 1.807) is 0 Å². The number of anilines is 2. The lowest BCUT2D eigenvalue weighted by molar-refractivity contribution is -0.0128. The average Bonchev–Trinajstić information content (AvgIpc) is 2.70. The van der Waals surface area contributed by atoms with E-state index in [2.05, 4.69) is 99.4 Å². The van der Waals surface area contributed by atoms with Crippen LogP contribution in [0.4, 0.5) is 11.4 Å². The second kappa shape index (κ2) is 6.93. The smallest absolute Gasteiger partial charge is 0.0896 e. The van der Waals surface area contributed by atoms with Gasteiger partial charge >= 0.3 is 0 Å². The molecule has 0 radical (unpaired) electrons. The summed E-state index contributed by atoms with van der Waals surface area (Å²) in [6.07, 6.45) is 4.34. The maximum atomic E-state index is 6.12. The molecule has 25 heavy (non-hydrogen) atoms. The predicted molar refractivity (Wildman–Crippen MR) is 107 cm³/mol. The zero-order chi connectivity index (χ0) is 18.0. The lowest BCUT2D eigenvalue weighted by Gasteiger charge is -2.26. The molecule has 0 saturated carbocycles. The van der Waals surface area contributed by atoms with E-state index in [1.807, 2.05) is 0 Å². The number of benzene rings is 2. The highest BCUT2D eigenvalue weighted by atomic mass is 16.5. The Morgan fingerprint density at radius 3 is 2.48 bits per heavy atom. The van der Waals surface area contributed by atoms with Gasteiger partial charge in [0, 0.05) is 43.8 Å². The second-order valence-electron chi connectivity index (χ2n) is 7.37. The fraction of sp³-hybridized carbons (Fsp3) is 0.364. The molecule has 1 heterocycles. The van der Waals surface area contributed by atoms with Crippen LogP contribution in [-0.2, 0) is 10.3 Å². The van der Waals surface area contributed by atoms with Gasteiger partial charge in [0.2, 0.25) is 0 Å². The largest absolute Gasteiger partial charge is 0.378 e. The number of fused-ring (bicyclic) bond motifs is 1. The maximum Gasteiger partial charge on any atom is 0.0896 e. The van der Waals surface area contributed by atoms with Gasteiger partial charge in [0.05, 0.1) is 12.2 Å². The van der Waals surface area contributed by atoms with E-state index in [-0.39, 0.29) is 5.60 Å². The van der Waals surface area contributed by atoms with Gasteiger partial charge in [-0.05, 0) is 50.6 Å². The van der Waals surface area contributed by atoms with Crippen molar-refractivity contribution >= 4 is 17.5 Å². The molecular formula is C22H28N2O. The van der Waals surface area contributed by atoms with Crippen molar-refractivity contribution in [3.05, 3.63) is 65.4 Å². The van der Waals surface area contributed by atoms with Gasteiger partial charge in [-0.3, -0.25) is 0 Å². The van der Waals surface area contributed by atoms with E-state index >= 15 is 0 Å². The van der Waals surface area contributed by atoms with Gasteiger partial charge in [-0.1, -0.05) is 29.8 Å². The molecule has 0 aliphatic carbocycles. The molecule has 0 spiro atoms. The number of hydrogen-bond donors (Lipinski definition) is 0. The summed E-state index contributed by atoms with van der Waals surface area (Å²) in [7, 11) is 4.12. The first-order valence-corrected chi connectivity index (χ1v) is 8.84. The van der Waals surface area contributed by atoms with E-state index in [0.29, 0.717) is 6.61 Å². The highest BCUT2D eigenvalue weighted by Gasteiger charge is 2.29. The first-order valence-electron chi connectivity index (χ1n) is 8.84. The van der Waals surface area contributed by atoms with Gasteiger partial charge in [-0.25, -0.2) is 0 Å². The molecule has 0 unspecified atom stereocenters. The topological polar surface area (TPSA) is 15.7 Å². The molecule has 3 rings (SSSR count). The maximum absolute atomic E-state index is 6.12. The van der Waals surface area contributed by atoms with Crippen LogP contribution in [0.1, 0.15) is 30.5 Å². The van der Waals surface area contributed by atoms with Crippen LogP contribution in [0.2, 0.25) is 0 Å². The van der Waals surface area contributed by atoms with E-state index < -0.39 is 0 Å². The number of rotatable bonds is 3. The van der Waals surface area contributed by atoms with Crippen LogP contribution >= 0.6 is 0 Å². The van der Waals surface area contributed by atoms with E-state index in [0.717, 1.165) is 6.54 Å². The van der Waals surface area contributed by atoms with Crippen molar-refractivity contribution in [2.75, 3.05) is 37.0 Å². The molecule has 3 nitrogen and oxygen atoms in total. The third-order valence-electron chi connectivity index (χ3n) is 4.76. The molecule has 0 N–H and O–H groups in total. The molecule has 2 aromatic rings.